The lowest BCUT2D eigenvalue weighted by molar-refractivity contribution is -0.00100. The minimum atomic E-state index is 0. The zero-order valence-corrected chi connectivity index (χ0v) is 7.42. The molecule has 0 amide bonds. The Bertz CT molecular complexity index is 57.1. The highest BCUT2D eigenvalue weighted by molar-refractivity contribution is 5.05. The van der Waals surface area contributed by atoms with Crippen molar-refractivity contribution >= 4 is 0 Å². The van der Waals surface area contributed by atoms with Crippen molar-refractivity contribution in [2.24, 2.45) is 0 Å². The van der Waals surface area contributed by atoms with Crippen LogP contribution in [0.1, 0.15) is 6.92 Å². The van der Waals surface area contributed by atoms with E-state index in [1.54, 1.807) is 6.08 Å². The Balaban J connectivity index is -0.0000000800. The van der Waals surface area contributed by atoms with Crippen LogP contribution < -0.4 is 34.0 Å². The van der Waals surface area contributed by atoms with E-state index in [4.69, 9.17) is 0 Å². The third-order valence-electron chi connectivity index (χ3n) is 0.348. The number of rotatable bonds is 1. The van der Waals surface area contributed by atoms with E-state index in [0.717, 1.165) is 5.57 Å². The molecule has 0 rings (SSSR count). The Hall–Kier alpha value is 0.440. The summed E-state index contributed by atoms with van der Waals surface area (Å²) in [6, 6.07) is 0. The molecule has 0 aliphatic carbocycles. The Morgan fingerprint density at radius 1 is 1.43 bits per heavy atom. The number of allylic oxidation sites excluding steroid dienone is 2. The SMILES string of the molecule is C=CC(=C)C.[Br-].[Br-]. The van der Waals surface area contributed by atoms with Crippen LogP contribution in [0.4, 0.5) is 0 Å². The van der Waals surface area contributed by atoms with Gasteiger partial charge in [0.2, 0.25) is 0 Å². The molecular formula is C5H8Br2-2. The Morgan fingerprint density at radius 3 is 1.57 bits per heavy atom. The smallest absolute Gasteiger partial charge is 0.0404 e. The maximum Gasteiger partial charge on any atom is -0.0404 e. The van der Waals surface area contributed by atoms with Crippen LogP contribution in [-0.2, 0) is 0 Å². The van der Waals surface area contributed by atoms with Crippen molar-refractivity contribution in [3.8, 4) is 0 Å². The van der Waals surface area contributed by atoms with Gasteiger partial charge in [0.1, 0.15) is 0 Å². The summed E-state index contributed by atoms with van der Waals surface area (Å²) in [7, 11) is 0. The molecule has 0 aliphatic heterocycles. The van der Waals surface area contributed by atoms with Gasteiger partial charge in [-0.25, -0.2) is 0 Å². The van der Waals surface area contributed by atoms with Crippen molar-refractivity contribution in [1.82, 2.24) is 0 Å². The summed E-state index contributed by atoms with van der Waals surface area (Å²) < 4.78 is 0. The van der Waals surface area contributed by atoms with E-state index in [1.165, 1.54) is 0 Å². The largest absolute Gasteiger partial charge is 1.00 e. The third-order valence-corrected chi connectivity index (χ3v) is 0.348. The quantitative estimate of drug-likeness (QED) is 0.399. The van der Waals surface area contributed by atoms with Gasteiger partial charge < -0.3 is 34.0 Å². The van der Waals surface area contributed by atoms with E-state index in [9.17, 15) is 0 Å². The second kappa shape index (κ2) is 9.67. The second-order valence-electron chi connectivity index (χ2n) is 1.05. The summed E-state index contributed by atoms with van der Waals surface area (Å²) in [5, 5.41) is 0. The van der Waals surface area contributed by atoms with Gasteiger partial charge in [0.25, 0.3) is 0 Å². The summed E-state index contributed by atoms with van der Waals surface area (Å²) >= 11 is 0. The van der Waals surface area contributed by atoms with Gasteiger partial charge in [-0.05, 0) is 6.92 Å². The summed E-state index contributed by atoms with van der Waals surface area (Å²) in [6.45, 7) is 8.93. The fourth-order valence-corrected chi connectivity index (χ4v) is 0. The zero-order valence-electron chi connectivity index (χ0n) is 4.25. The normalized spacial score (nSPS) is 4.71. The number of halogens is 2. The molecule has 2 heteroatoms. The van der Waals surface area contributed by atoms with Crippen LogP contribution in [0.25, 0.3) is 0 Å². The molecule has 0 aromatic rings. The second-order valence-corrected chi connectivity index (χ2v) is 1.05. The third kappa shape index (κ3) is 21.3. The molecule has 44 valence electrons. The maximum atomic E-state index is 3.56. The van der Waals surface area contributed by atoms with Crippen LogP contribution in [0.2, 0.25) is 0 Å². The van der Waals surface area contributed by atoms with Crippen molar-refractivity contribution in [1.29, 1.82) is 0 Å². The number of hydrogen-bond donors (Lipinski definition) is 0. The van der Waals surface area contributed by atoms with Crippen LogP contribution in [0, 0.1) is 0 Å². The van der Waals surface area contributed by atoms with Gasteiger partial charge in [0.15, 0.2) is 0 Å². The number of hydrogen-bond acceptors (Lipinski definition) is 0. The van der Waals surface area contributed by atoms with Crippen molar-refractivity contribution in [3.63, 3.8) is 0 Å². The van der Waals surface area contributed by atoms with Crippen molar-refractivity contribution in [3.05, 3.63) is 24.8 Å². The lowest BCUT2D eigenvalue weighted by Gasteiger charge is -1.71. The predicted molar refractivity (Wildman–Crippen MR) is 25.0 cm³/mol. The first-order valence-corrected chi connectivity index (χ1v) is 1.55. The van der Waals surface area contributed by atoms with E-state index < -0.39 is 0 Å². The topological polar surface area (TPSA) is 0 Å². The lowest BCUT2D eigenvalue weighted by atomic mass is 10.4. The van der Waals surface area contributed by atoms with E-state index in [0.29, 0.717) is 0 Å². The van der Waals surface area contributed by atoms with Crippen molar-refractivity contribution in [2.75, 3.05) is 0 Å². The van der Waals surface area contributed by atoms with E-state index in [1.807, 2.05) is 6.92 Å². The maximum absolute atomic E-state index is 3.56. The summed E-state index contributed by atoms with van der Waals surface area (Å²) in [4.78, 5) is 0. The highest BCUT2D eigenvalue weighted by atomic mass is 79.9. The molecule has 0 bridgehead atoms. The fraction of sp³-hybridized carbons (Fsp3) is 0.200. The average molecular weight is 228 g/mol. The van der Waals surface area contributed by atoms with Crippen molar-refractivity contribution < 1.29 is 34.0 Å². The van der Waals surface area contributed by atoms with Gasteiger partial charge in [0, 0.05) is 0 Å². The molecule has 0 unspecified atom stereocenters. The van der Waals surface area contributed by atoms with E-state index in [2.05, 4.69) is 13.2 Å². The minimum Gasteiger partial charge on any atom is -1.00 e. The van der Waals surface area contributed by atoms with Gasteiger partial charge in [-0.1, -0.05) is 24.8 Å². The first kappa shape index (κ1) is 15.7. The summed E-state index contributed by atoms with van der Waals surface area (Å²) in [6.07, 6.45) is 1.72. The van der Waals surface area contributed by atoms with Crippen LogP contribution >= 0.6 is 0 Å². The molecule has 0 aliphatic rings. The average Bonchev–Trinajstić information content (AvgIpc) is 1.38. The van der Waals surface area contributed by atoms with Crippen molar-refractivity contribution in [2.45, 2.75) is 6.92 Å². The lowest BCUT2D eigenvalue weighted by Crippen LogP contribution is -3.00. The molecule has 0 spiro atoms. The molecule has 0 aromatic heterocycles. The van der Waals surface area contributed by atoms with Crippen LogP contribution in [0.3, 0.4) is 0 Å². The fourth-order valence-electron chi connectivity index (χ4n) is 0. The Kier molecular flexibility index (Phi) is 21.6. The molecule has 0 heterocycles. The van der Waals surface area contributed by atoms with E-state index >= 15 is 0 Å². The zero-order chi connectivity index (χ0) is 4.28. The van der Waals surface area contributed by atoms with Crippen LogP contribution in [-0.4, -0.2) is 0 Å². The monoisotopic (exact) mass is 226 g/mol. The van der Waals surface area contributed by atoms with Gasteiger partial charge in [0.05, 0.1) is 0 Å². The van der Waals surface area contributed by atoms with Crippen LogP contribution in [0.15, 0.2) is 24.8 Å². The molecule has 0 saturated carbocycles. The molecule has 7 heavy (non-hydrogen) atoms. The van der Waals surface area contributed by atoms with Gasteiger partial charge in [-0.15, -0.1) is 0 Å². The Labute approximate surface area is 65.8 Å². The highest BCUT2D eigenvalue weighted by Gasteiger charge is 1.59. The molecule has 0 radical (unpaired) electrons. The molecule has 0 aromatic carbocycles. The standard InChI is InChI=1S/C5H8.2BrH/c1-4-5(2)3;;/h4H,1-2H2,3H3;2*1H/p-2. The summed E-state index contributed by atoms with van der Waals surface area (Å²) in [5.74, 6) is 0. The van der Waals surface area contributed by atoms with Gasteiger partial charge in [-0.3, -0.25) is 0 Å². The first-order chi connectivity index (χ1) is 2.27. The Morgan fingerprint density at radius 2 is 1.57 bits per heavy atom. The minimum absolute atomic E-state index is 0. The predicted octanol–water partition coefficient (Wildman–Crippen LogP) is -4.24. The molecule has 0 nitrogen and oxygen atoms in total. The first-order valence-electron chi connectivity index (χ1n) is 1.55. The molecule has 0 saturated heterocycles. The van der Waals surface area contributed by atoms with Gasteiger partial charge >= 0.3 is 0 Å². The molecule has 0 fully saturated rings. The molecular weight excluding hydrogens is 220 g/mol. The van der Waals surface area contributed by atoms with Crippen LogP contribution in [0.5, 0.6) is 0 Å². The van der Waals surface area contributed by atoms with E-state index in [-0.39, 0.29) is 34.0 Å². The highest BCUT2D eigenvalue weighted by Crippen LogP contribution is 1.81. The molecule has 0 atom stereocenters. The summed E-state index contributed by atoms with van der Waals surface area (Å²) in [5.41, 5.74) is 1.02. The van der Waals surface area contributed by atoms with Gasteiger partial charge in [-0.2, -0.15) is 0 Å². The molecule has 0 N–H and O–H groups in total.